The highest BCUT2D eigenvalue weighted by Gasteiger charge is 2.30. The van der Waals surface area contributed by atoms with Gasteiger partial charge in [0.25, 0.3) is 0 Å². The Labute approximate surface area is 155 Å². The molecule has 1 atom stereocenters. The summed E-state index contributed by atoms with van der Waals surface area (Å²) in [5.74, 6) is -0.662. The van der Waals surface area contributed by atoms with E-state index in [-0.39, 0.29) is 24.2 Å². The number of hydrazine groups is 1. The lowest BCUT2D eigenvalue weighted by Gasteiger charge is -2.11. The molecule has 0 aliphatic heterocycles. The number of esters is 1. The molecule has 144 valence electrons. The second-order valence-electron chi connectivity index (χ2n) is 5.70. The van der Waals surface area contributed by atoms with E-state index in [2.05, 4.69) is 15.8 Å². The zero-order valence-electron chi connectivity index (χ0n) is 14.9. The molecule has 2 aromatic carbocycles. The number of nitrogens with one attached hydrogen (secondary N) is 3. The number of carbonyl (C=O) groups is 1. The van der Waals surface area contributed by atoms with Crippen molar-refractivity contribution in [2.75, 3.05) is 12.0 Å². The number of carbonyl (C=O) groups excluding carboxylic acids is 1. The van der Waals surface area contributed by atoms with Crippen LogP contribution in [0.4, 0.5) is 18.9 Å². The summed E-state index contributed by atoms with van der Waals surface area (Å²) in [6.07, 6.45) is -4.45. The number of hydrogen-bond acceptors (Lipinski definition) is 3. The predicted molar refractivity (Wildman–Crippen MR) is 95.7 cm³/mol. The standard InChI is InChI=1S/C19H20F3N3O2/c1-3-27-18(26)17(23-13(2)14-8-5-4-6-9-14)25-24-16-11-7-10-15(12-16)19(20,21)22/h4-13,24H,3H2,1-2H3,(H,23,25)/p+1/t13-/m0/s1. The molecular formula is C19H21F3N3O2+. The largest absolute Gasteiger partial charge is 0.457 e. The number of alkyl halides is 3. The summed E-state index contributed by atoms with van der Waals surface area (Å²) in [6, 6.07) is 13.8. The fraction of sp³-hybridized carbons (Fsp3) is 0.263. The Kier molecular flexibility index (Phi) is 6.81. The average molecular weight is 380 g/mol. The van der Waals surface area contributed by atoms with E-state index in [1.165, 1.54) is 12.1 Å². The first-order valence-corrected chi connectivity index (χ1v) is 8.36. The molecule has 0 saturated carbocycles. The van der Waals surface area contributed by atoms with Crippen molar-refractivity contribution >= 4 is 17.5 Å². The molecule has 0 spiro atoms. The lowest BCUT2D eigenvalue weighted by Crippen LogP contribution is -2.79. The number of ether oxygens (including phenoxy) is 1. The molecule has 5 nitrogen and oxygen atoms in total. The van der Waals surface area contributed by atoms with Crippen LogP contribution in [0.2, 0.25) is 0 Å². The lowest BCUT2D eigenvalue weighted by molar-refractivity contribution is -0.506. The van der Waals surface area contributed by atoms with Gasteiger partial charge >= 0.3 is 18.0 Å². The Hall–Kier alpha value is -3.03. The topological polar surface area (TPSA) is 64.3 Å². The summed E-state index contributed by atoms with van der Waals surface area (Å²) in [4.78, 5) is 15.1. The third-order valence-electron chi connectivity index (χ3n) is 3.66. The summed E-state index contributed by atoms with van der Waals surface area (Å²) < 4.78 is 43.4. The van der Waals surface area contributed by atoms with Gasteiger partial charge in [-0.25, -0.2) is 10.2 Å². The van der Waals surface area contributed by atoms with Gasteiger partial charge in [0.2, 0.25) is 0 Å². The minimum absolute atomic E-state index is 0.00869. The quantitative estimate of drug-likeness (QED) is 0.323. The maximum Gasteiger partial charge on any atom is 0.423 e. The van der Waals surface area contributed by atoms with Crippen LogP contribution in [0, 0.1) is 0 Å². The van der Waals surface area contributed by atoms with Gasteiger partial charge in [-0.15, -0.1) is 0 Å². The van der Waals surface area contributed by atoms with Gasteiger partial charge in [0.15, 0.2) is 0 Å². The van der Waals surface area contributed by atoms with Crippen LogP contribution in [-0.2, 0) is 15.7 Å². The SMILES string of the molecule is CCOC(=O)C(NNc1cccc(C(F)(F)F)c1)=[NH+][C@@H](C)c1ccccc1. The van der Waals surface area contributed by atoms with Crippen LogP contribution >= 0.6 is 0 Å². The molecule has 0 aliphatic carbocycles. The second-order valence-corrected chi connectivity index (χ2v) is 5.70. The van der Waals surface area contributed by atoms with E-state index in [9.17, 15) is 18.0 Å². The summed E-state index contributed by atoms with van der Waals surface area (Å²) in [5.41, 5.74) is 5.51. The van der Waals surface area contributed by atoms with Crippen LogP contribution in [0.5, 0.6) is 0 Å². The van der Waals surface area contributed by atoms with Crippen molar-refractivity contribution in [2.45, 2.75) is 26.1 Å². The van der Waals surface area contributed by atoms with E-state index in [0.29, 0.717) is 0 Å². The fourth-order valence-electron chi connectivity index (χ4n) is 2.30. The van der Waals surface area contributed by atoms with Gasteiger partial charge in [0.05, 0.1) is 17.9 Å². The number of amidine groups is 1. The van der Waals surface area contributed by atoms with E-state index in [0.717, 1.165) is 17.7 Å². The first-order chi connectivity index (χ1) is 12.8. The van der Waals surface area contributed by atoms with E-state index in [1.54, 1.807) is 6.92 Å². The first kappa shape index (κ1) is 20.3. The van der Waals surface area contributed by atoms with Gasteiger partial charge in [0, 0.05) is 0 Å². The van der Waals surface area contributed by atoms with Crippen molar-refractivity contribution in [3.05, 3.63) is 65.7 Å². The monoisotopic (exact) mass is 380 g/mol. The lowest BCUT2D eigenvalue weighted by atomic mass is 10.1. The minimum atomic E-state index is -4.45. The van der Waals surface area contributed by atoms with Gasteiger partial charge in [0.1, 0.15) is 6.04 Å². The Morgan fingerprint density at radius 3 is 2.48 bits per heavy atom. The van der Waals surface area contributed by atoms with Crippen LogP contribution < -0.4 is 15.8 Å². The van der Waals surface area contributed by atoms with Crippen molar-refractivity contribution in [1.29, 1.82) is 0 Å². The molecular weight excluding hydrogens is 359 g/mol. The molecule has 3 N–H and O–H groups in total. The summed E-state index contributed by atoms with van der Waals surface area (Å²) >= 11 is 0. The van der Waals surface area contributed by atoms with Gasteiger partial charge in [-0.1, -0.05) is 36.4 Å². The van der Waals surface area contributed by atoms with Crippen LogP contribution in [0.1, 0.15) is 31.0 Å². The normalized spacial score (nSPS) is 13.0. The Morgan fingerprint density at radius 2 is 1.85 bits per heavy atom. The predicted octanol–water partition coefficient (Wildman–Crippen LogP) is 2.43. The van der Waals surface area contributed by atoms with E-state index in [1.807, 2.05) is 37.3 Å². The average Bonchev–Trinajstić information content (AvgIpc) is 2.65. The molecule has 27 heavy (non-hydrogen) atoms. The highest BCUT2D eigenvalue weighted by Crippen LogP contribution is 2.30. The van der Waals surface area contributed by atoms with Crippen molar-refractivity contribution in [3.63, 3.8) is 0 Å². The first-order valence-electron chi connectivity index (χ1n) is 8.36. The van der Waals surface area contributed by atoms with Crippen LogP contribution in [0.15, 0.2) is 54.6 Å². The highest BCUT2D eigenvalue weighted by molar-refractivity contribution is 6.32. The molecule has 0 aromatic heterocycles. The Bertz CT molecular complexity index is 792. The maximum atomic E-state index is 12.8. The van der Waals surface area contributed by atoms with Crippen LogP contribution in [-0.4, -0.2) is 18.4 Å². The number of rotatable bonds is 5. The van der Waals surface area contributed by atoms with Crippen molar-refractivity contribution in [2.24, 2.45) is 0 Å². The van der Waals surface area contributed by atoms with Gasteiger partial charge in [-0.2, -0.15) is 18.6 Å². The van der Waals surface area contributed by atoms with E-state index in [4.69, 9.17) is 4.74 Å². The molecule has 0 unspecified atom stereocenters. The third kappa shape index (κ3) is 6.02. The summed E-state index contributed by atoms with van der Waals surface area (Å²) in [5, 5.41) is 0. The van der Waals surface area contributed by atoms with Crippen LogP contribution in [0.25, 0.3) is 0 Å². The smallest absolute Gasteiger partial charge is 0.423 e. The number of hydrogen-bond donors (Lipinski definition) is 3. The fourth-order valence-corrected chi connectivity index (χ4v) is 2.30. The Morgan fingerprint density at radius 1 is 1.15 bits per heavy atom. The Balaban J connectivity index is 2.18. The van der Waals surface area contributed by atoms with Crippen LogP contribution in [0.3, 0.4) is 0 Å². The molecule has 0 saturated heterocycles. The zero-order valence-corrected chi connectivity index (χ0v) is 14.9. The molecule has 0 heterocycles. The number of benzene rings is 2. The summed E-state index contributed by atoms with van der Waals surface area (Å²) in [7, 11) is 0. The van der Waals surface area contributed by atoms with Gasteiger partial charge in [-0.3, -0.25) is 4.99 Å². The zero-order chi connectivity index (χ0) is 19.9. The second kappa shape index (κ2) is 9.07. The molecule has 0 fully saturated rings. The minimum Gasteiger partial charge on any atom is -0.457 e. The molecule has 2 rings (SSSR count). The molecule has 8 heteroatoms. The van der Waals surface area contributed by atoms with Crippen molar-refractivity contribution in [3.8, 4) is 0 Å². The number of halogens is 3. The molecule has 0 amide bonds. The van der Waals surface area contributed by atoms with E-state index >= 15 is 0 Å². The molecule has 2 aromatic rings. The maximum absolute atomic E-state index is 12.8. The van der Waals surface area contributed by atoms with Crippen molar-refractivity contribution in [1.82, 2.24) is 5.43 Å². The van der Waals surface area contributed by atoms with Gasteiger partial charge in [-0.05, 0) is 37.6 Å². The molecule has 0 bridgehead atoms. The molecule has 0 aliphatic rings. The molecule has 0 radical (unpaired) electrons. The van der Waals surface area contributed by atoms with Gasteiger partial charge < -0.3 is 4.74 Å². The third-order valence-corrected chi connectivity index (χ3v) is 3.66. The highest BCUT2D eigenvalue weighted by atomic mass is 19.4. The van der Waals surface area contributed by atoms with Crippen molar-refractivity contribution < 1.29 is 27.7 Å². The number of anilines is 1. The van der Waals surface area contributed by atoms with E-state index < -0.39 is 17.7 Å². The summed E-state index contributed by atoms with van der Waals surface area (Å²) in [6.45, 7) is 3.67.